The van der Waals surface area contributed by atoms with Crippen molar-refractivity contribution in [2.75, 3.05) is 5.32 Å². The van der Waals surface area contributed by atoms with Crippen molar-refractivity contribution in [2.45, 2.75) is 0 Å². The number of hydrogen-bond donors (Lipinski definition) is 1. The summed E-state index contributed by atoms with van der Waals surface area (Å²) in [6.07, 6.45) is 3.11. The highest BCUT2D eigenvalue weighted by Gasteiger charge is 2.08. The van der Waals surface area contributed by atoms with Crippen LogP contribution in [0.15, 0.2) is 45.7 Å². The lowest BCUT2D eigenvalue weighted by Crippen LogP contribution is -2.13. The van der Waals surface area contributed by atoms with Crippen LogP contribution in [0.25, 0.3) is 0 Å². The molecule has 0 atom stereocenters. The smallest absolute Gasteiger partial charge is 0.258 e. The van der Waals surface area contributed by atoms with E-state index in [4.69, 9.17) is 0 Å². The third-order valence-electron chi connectivity index (χ3n) is 1.98. The Labute approximate surface area is 115 Å². The number of hydrogen-bond acceptors (Lipinski definition) is 3. The molecule has 1 N–H and O–H groups in total. The molecule has 0 bridgehead atoms. The van der Waals surface area contributed by atoms with Crippen molar-refractivity contribution in [3.8, 4) is 0 Å². The van der Waals surface area contributed by atoms with Gasteiger partial charge in [0.25, 0.3) is 5.91 Å². The molecule has 0 aliphatic carbocycles. The first-order valence-electron chi connectivity index (χ1n) is 4.70. The Hall–Kier alpha value is -1.27. The summed E-state index contributed by atoms with van der Waals surface area (Å²) in [7, 11) is 0. The van der Waals surface area contributed by atoms with Crippen LogP contribution < -0.4 is 5.32 Å². The van der Waals surface area contributed by atoms with Crippen molar-refractivity contribution in [1.29, 1.82) is 0 Å². The molecule has 6 heteroatoms. The van der Waals surface area contributed by atoms with Crippen LogP contribution in [-0.4, -0.2) is 15.9 Å². The summed E-state index contributed by atoms with van der Waals surface area (Å²) >= 11 is 6.52. The van der Waals surface area contributed by atoms with Crippen molar-refractivity contribution in [2.24, 2.45) is 0 Å². The number of halogens is 2. The standard InChI is InChI=1S/C11H7Br2N3O/c12-8-2-1-5-14-10(8)16-11(17)7-3-4-9(13)15-6-7/h1-6H,(H,14,16,17). The zero-order valence-corrected chi connectivity index (χ0v) is 11.7. The molecule has 0 spiro atoms. The number of carbonyl (C=O) groups is 1. The van der Waals surface area contributed by atoms with E-state index in [0.29, 0.717) is 16.0 Å². The van der Waals surface area contributed by atoms with Crippen LogP contribution in [0.4, 0.5) is 5.82 Å². The lowest BCUT2D eigenvalue weighted by molar-refractivity contribution is 0.102. The van der Waals surface area contributed by atoms with Gasteiger partial charge >= 0.3 is 0 Å². The van der Waals surface area contributed by atoms with Gasteiger partial charge < -0.3 is 5.32 Å². The fraction of sp³-hybridized carbons (Fsp3) is 0. The number of amides is 1. The molecule has 0 saturated heterocycles. The maximum atomic E-state index is 11.9. The van der Waals surface area contributed by atoms with Crippen LogP contribution >= 0.6 is 31.9 Å². The largest absolute Gasteiger partial charge is 0.306 e. The van der Waals surface area contributed by atoms with Gasteiger partial charge in [0.1, 0.15) is 10.4 Å². The summed E-state index contributed by atoms with van der Waals surface area (Å²) in [4.78, 5) is 19.9. The van der Waals surface area contributed by atoms with Crippen LogP contribution in [-0.2, 0) is 0 Å². The minimum absolute atomic E-state index is 0.246. The summed E-state index contributed by atoms with van der Waals surface area (Å²) in [6.45, 7) is 0. The fourth-order valence-electron chi connectivity index (χ4n) is 1.17. The Morgan fingerprint density at radius 3 is 2.65 bits per heavy atom. The second kappa shape index (κ2) is 5.37. The van der Waals surface area contributed by atoms with Gasteiger partial charge in [-0.2, -0.15) is 0 Å². The van der Waals surface area contributed by atoms with Gasteiger partial charge in [-0.1, -0.05) is 0 Å². The number of rotatable bonds is 2. The molecule has 2 aromatic heterocycles. The van der Waals surface area contributed by atoms with E-state index in [0.717, 1.165) is 4.47 Å². The van der Waals surface area contributed by atoms with Crippen LogP contribution in [0, 0.1) is 0 Å². The molecule has 2 rings (SSSR count). The molecular formula is C11H7Br2N3O. The van der Waals surface area contributed by atoms with Gasteiger partial charge in [0.15, 0.2) is 0 Å². The average molecular weight is 357 g/mol. The summed E-state index contributed by atoms with van der Waals surface area (Å²) in [5.74, 6) is 0.241. The molecule has 2 heterocycles. The highest BCUT2D eigenvalue weighted by molar-refractivity contribution is 9.10. The molecule has 0 aliphatic heterocycles. The van der Waals surface area contributed by atoms with E-state index in [-0.39, 0.29) is 5.91 Å². The van der Waals surface area contributed by atoms with Crippen molar-refractivity contribution in [3.05, 3.63) is 51.3 Å². The maximum absolute atomic E-state index is 11.9. The number of pyridine rings is 2. The Morgan fingerprint density at radius 1 is 1.18 bits per heavy atom. The second-order valence-corrected chi connectivity index (χ2v) is 4.82. The molecule has 0 aromatic carbocycles. The van der Waals surface area contributed by atoms with Gasteiger partial charge in [0.2, 0.25) is 0 Å². The Bertz CT molecular complexity index is 543. The molecule has 17 heavy (non-hydrogen) atoms. The zero-order chi connectivity index (χ0) is 12.3. The first-order valence-corrected chi connectivity index (χ1v) is 6.29. The van der Waals surface area contributed by atoms with E-state index >= 15 is 0 Å². The van der Waals surface area contributed by atoms with Gasteiger partial charge in [-0.05, 0) is 56.1 Å². The van der Waals surface area contributed by atoms with E-state index in [1.54, 1.807) is 24.4 Å². The molecular weight excluding hydrogens is 350 g/mol. The molecule has 4 nitrogen and oxygen atoms in total. The van der Waals surface area contributed by atoms with Crippen molar-refractivity contribution < 1.29 is 4.79 Å². The lowest BCUT2D eigenvalue weighted by Gasteiger charge is -2.05. The Morgan fingerprint density at radius 2 is 2.00 bits per heavy atom. The Kier molecular flexibility index (Phi) is 3.86. The van der Waals surface area contributed by atoms with E-state index < -0.39 is 0 Å². The average Bonchev–Trinajstić information content (AvgIpc) is 2.33. The van der Waals surface area contributed by atoms with Crippen LogP contribution in [0.3, 0.4) is 0 Å². The van der Waals surface area contributed by atoms with Crippen molar-refractivity contribution in [3.63, 3.8) is 0 Å². The highest BCUT2D eigenvalue weighted by atomic mass is 79.9. The fourth-order valence-corrected chi connectivity index (χ4v) is 1.76. The molecule has 0 fully saturated rings. The highest BCUT2D eigenvalue weighted by Crippen LogP contribution is 2.19. The molecule has 0 unspecified atom stereocenters. The summed E-state index contributed by atoms with van der Waals surface area (Å²) in [5.41, 5.74) is 0.478. The molecule has 0 radical (unpaired) electrons. The molecule has 0 aliphatic rings. The summed E-state index contributed by atoms with van der Waals surface area (Å²) < 4.78 is 1.42. The molecule has 0 saturated carbocycles. The van der Waals surface area contributed by atoms with Crippen LogP contribution in [0.2, 0.25) is 0 Å². The number of nitrogens with one attached hydrogen (secondary N) is 1. The van der Waals surface area contributed by atoms with Crippen molar-refractivity contribution >= 4 is 43.6 Å². The van der Waals surface area contributed by atoms with Gasteiger partial charge in [-0.3, -0.25) is 4.79 Å². The normalized spacial score (nSPS) is 10.0. The number of carbonyl (C=O) groups excluding carboxylic acids is 1. The predicted octanol–water partition coefficient (Wildman–Crippen LogP) is 3.25. The molecule has 2 aromatic rings. The number of anilines is 1. The van der Waals surface area contributed by atoms with Crippen molar-refractivity contribution in [1.82, 2.24) is 9.97 Å². The zero-order valence-electron chi connectivity index (χ0n) is 8.52. The topological polar surface area (TPSA) is 54.9 Å². The summed E-state index contributed by atoms with van der Waals surface area (Å²) in [6, 6.07) is 6.98. The maximum Gasteiger partial charge on any atom is 0.258 e. The van der Waals surface area contributed by atoms with E-state index in [1.165, 1.54) is 6.20 Å². The van der Waals surface area contributed by atoms with Gasteiger partial charge in [0, 0.05) is 12.4 Å². The second-order valence-electron chi connectivity index (χ2n) is 3.16. The quantitative estimate of drug-likeness (QED) is 0.840. The van der Waals surface area contributed by atoms with Crippen LogP contribution in [0.1, 0.15) is 10.4 Å². The van der Waals surface area contributed by atoms with Gasteiger partial charge in [0.05, 0.1) is 10.0 Å². The van der Waals surface area contributed by atoms with E-state index in [2.05, 4.69) is 47.1 Å². The minimum atomic E-state index is -0.246. The first kappa shape index (κ1) is 12.2. The lowest BCUT2D eigenvalue weighted by atomic mass is 10.3. The Balaban J connectivity index is 2.17. The summed E-state index contributed by atoms with van der Waals surface area (Å²) in [5, 5.41) is 2.69. The third-order valence-corrected chi connectivity index (χ3v) is 3.09. The predicted molar refractivity (Wildman–Crippen MR) is 71.8 cm³/mol. The van der Waals surface area contributed by atoms with E-state index in [9.17, 15) is 4.79 Å². The molecule has 1 amide bonds. The third kappa shape index (κ3) is 3.10. The number of nitrogens with zero attached hydrogens (tertiary/aromatic N) is 2. The first-order chi connectivity index (χ1) is 8.16. The van der Waals surface area contributed by atoms with Gasteiger partial charge in [-0.25, -0.2) is 9.97 Å². The van der Waals surface area contributed by atoms with E-state index in [1.807, 2.05) is 6.07 Å². The molecule has 86 valence electrons. The van der Waals surface area contributed by atoms with Gasteiger partial charge in [-0.15, -0.1) is 0 Å². The number of aromatic nitrogens is 2. The van der Waals surface area contributed by atoms with Crippen LogP contribution in [0.5, 0.6) is 0 Å². The minimum Gasteiger partial charge on any atom is -0.306 e. The monoisotopic (exact) mass is 355 g/mol. The SMILES string of the molecule is O=C(Nc1ncccc1Br)c1ccc(Br)nc1.